The van der Waals surface area contributed by atoms with Crippen LogP contribution in [-0.2, 0) is 12.0 Å². The van der Waals surface area contributed by atoms with Crippen molar-refractivity contribution in [2.75, 3.05) is 19.7 Å². The van der Waals surface area contributed by atoms with Gasteiger partial charge in [0.15, 0.2) is 5.96 Å². The molecule has 0 saturated heterocycles. The highest BCUT2D eigenvalue weighted by atomic mass is 16.5. The minimum absolute atomic E-state index is 0.0483. The molecule has 0 amide bonds. The summed E-state index contributed by atoms with van der Waals surface area (Å²) in [5, 5.41) is 6.51. The van der Waals surface area contributed by atoms with Crippen LogP contribution in [0.2, 0.25) is 0 Å². The lowest BCUT2D eigenvalue weighted by Gasteiger charge is -2.22. The van der Waals surface area contributed by atoms with E-state index in [-0.39, 0.29) is 5.41 Å². The van der Waals surface area contributed by atoms with Crippen molar-refractivity contribution in [3.63, 3.8) is 0 Å². The summed E-state index contributed by atoms with van der Waals surface area (Å²) in [6.45, 7) is 14.8. The lowest BCUT2D eigenvalue weighted by atomic mass is 9.86. The first-order valence-electron chi connectivity index (χ1n) is 9.48. The Morgan fingerprint density at radius 3 is 2.56 bits per heavy atom. The summed E-state index contributed by atoms with van der Waals surface area (Å²) in [6.07, 6.45) is 0. The summed E-state index contributed by atoms with van der Waals surface area (Å²) in [5.74, 6) is 3.11. The predicted octanol–water partition coefficient (Wildman–Crippen LogP) is 3.72. The molecule has 0 fully saturated rings. The first-order valence-corrected chi connectivity index (χ1v) is 9.48. The first kappa shape index (κ1) is 20.8. The number of benzene rings is 1. The molecule has 0 aliphatic carbocycles. The molecule has 0 spiro atoms. The van der Waals surface area contributed by atoms with Crippen molar-refractivity contribution in [1.82, 2.24) is 15.6 Å². The van der Waals surface area contributed by atoms with Gasteiger partial charge in [-0.05, 0) is 37.8 Å². The van der Waals surface area contributed by atoms with Crippen LogP contribution >= 0.6 is 0 Å². The molecule has 0 aliphatic heterocycles. The van der Waals surface area contributed by atoms with Gasteiger partial charge in [-0.2, -0.15) is 0 Å². The molecule has 6 nitrogen and oxygen atoms in total. The van der Waals surface area contributed by atoms with Crippen LogP contribution in [0.5, 0.6) is 5.75 Å². The second kappa shape index (κ2) is 9.44. The molecule has 148 valence electrons. The maximum Gasteiger partial charge on any atom is 0.216 e. The largest absolute Gasteiger partial charge is 0.491 e. The number of rotatable bonds is 7. The number of hydrogen-bond donors (Lipinski definition) is 2. The van der Waals surface area contributed by atoms with Gasteiger partial charge in [0.05, 0.1) is 12.2 Å². The van der Waals surface area contributed by atoms with Gasteiger partial charge < -0.3 is 19.8 Å². The fraction of sp³-hybridized carbons (Fsp3) is 0.524. The number of para-hydroxylation sites is 1. The Kier molecular flexibility index (Phi) is 7.28. The molecule has 1 aromatic heterocycles. The van der Waals surface area contributed by atoms with Crippen LogP contribution in [0.4, 0.5) is 0 Å². The number of nitrogens with zero attached hydrogens (tertiary/aromatic N) is 2. The monoisotopic (exact) mass is 372 g/mol. The van der Waals surface area contributed by atoms with Crippen LogP contribution in [0.3, 0.4) is 0 Å². The third-order valence-electron chi connectivity index (χ3n) is 4.14. The number of aliphatic imine (C=N–C) groups is 1. The van der Waals surface area contributed by atoms with Crippen LogP contribution < -0.4 is 15.4 Å². The third kappa shape index (κ3) is 6.31. The van der Waals surface area contributed by atoms with Gasteiger partial charge in [-0.1, -0.05) is 39.0 Å². The molecule has 2 aromatic rings. The van der Waals surface area contributed by atoms with Crippen LogP contribution in [0.25, 0.3) is 0 Å². The van der Waals surface area contributed by atoms with Crippen LogP contribution in [0.15, 0.2) is 33.7 Å². The number of hydrogen-bond acceptors (Lipinski definition) is 4. The lowest BCUT2D eigenvalue weighted by Crippen LogP contribution is -2.39. The topological polar surface area (TPSA) is 71.7 Å². The molecule has 6 heteroatoms. The molecule has 1 aromatic carbocycles. The molecule has 0 aliphatic rings. The van der Waals surface area contributed by atoms with Crippen LogP contribution in [0.1, 0.15) is 50.6 Å². The fourth-order valence-corrected chi connectivity index (χ4v) is 2.64. The minimum Gasteiger partial charge on any atom is -0.491 e. The van der Waals surface area contributed by atoms with Gasteiger partial charge in [0, 0.05) is 6.54 Å². The number of oxazole rings is 1. The summed E-state index contributed by atoms with van der Waals surface area (Å²) >= 11 is 0. The minimum atomic E-state index is 0.0483. The number of aromatic nitrogens is 1. The number of nitrogens with one attached hydrogen (secondary N) is 2. The summed E-state index contributed by atoms with van der Waals surface area (Å²) in [6, 6.07) is 8.19. The van der Waals surface area contributed by atoms with Crippen molar-refractivity contribution in [2.45, 2.75) is 53.5 Å². The molecule has 0 unspecified atom stereocenters. The average Bonchev–Trinajstić information content (AvgIpc) is 2.94. The number of guanidine groups is 1. The van der Waals surface area contributed by atoms with Gasteiger partial charge in [0.1, 0.15) is 24.7 Å². The zero-order valence-electron chi connectivity index (χ0n) is 17.3. The molecule has 0 bridgehead atoms. The van der Waals surface area contributed by atoms with Gasteiger partial charge in [0.2, 0.25) is 5.89 Å². The fourth-order valence-electron chi connectivity index (χ4n) is 2.64. The highest BCUT2D eigenvalue weighted by Gasteiger charge is 2.18. The van der Waals surface area contributed by atoms with Gasteiger partial charge in [0.25, 0.3) is 0 Å². The van der Waals surface area contributed by atoms with Gasteiger partial charge >= 0.3 is 0 Å². The van der Waals surface area contributed by atoms with Crippen LogP contribution in [-0.4, -0.2) is 30.6 Å². The van der Waals surface area contributed by atoms with Gasteiger partial charge in [-0.25, -0.2) is 9.98 Å². The highest BCUT2D eigenvalue weighted by molar-refractivity contribution is 5.79. The van der Waals surface area contributed by atoms with Gasteiger partial charge in [-0.15, -0.1) is 0 Å². The standard InChI is InChI=1S/C21H32N4O2/c1-7-22-20(24-14-19-25-15(2)16(3)27-19)23-12-13-26-18-11-9-8-10-17(18)21(4,5)6/h8-11H,7,12-14H2,1-6H3,(H2,22,23,24). The maximum atomic E-state index is 6.00. The van der Waals surface area contributed by atoms with Gasteiger partial charge in [-0.3, -0.25) is 0 Å². The maximum absolute atomic E-state index is 6.00. The summed E-state index contributed by atoms with van der Waals surface area (Å²) in [5.41, 5.74) is 2.16. The molecule has 1 heterocycles. The van der Waals surface area contributed by atoms with E-state index in [9.17, 15) is 0 Å². The Morgan fingerprint density at radius 1 is 1.19 bits per heavy atom. The van der Waals surface area contributed by atoms with Crippen molar-refractivity contribution in [3.05, 3.63) is 47.2 Å². The molecular weight excluding hydrogens is 340 g/mol. The van der Waals surface area contributed by atoms with Crippen molar-refractivity contribution in [2.24, 2.45) is 4.99 Å². The van der Waals surface area contributed by atoms with E-state index in [0.29, 0.717) is 25.6 Å². The summed E-state index contributed by atoms with van der Waals surface area (Å²) < 4.78 is 11.6. The highest BCUT2D eigenvalue weighted by Crippen LogP contribution is 2.30. The Balaban J connectivity index is 1.89. The second-order valence-electron chi connectivity index (χ2n) is 7.47. The Morgan fingerprint density at radius 2 is 1.93 bits per heavy atom. The van der Waals surface area contributed by atoms with Crippen molar-refractivity contribution >= 4 is 5.96 Å². The molecule has 27 heavy (non-hydrogen) atoms. The van der Waals surface area contributed by atoms with E-state index in [1.54, 1.807) is 0 Å². The van der Waals surface area contributed by atoms with Crippen molar-refractivity contribution in [1.29, 1.82) is 0 Å². The zero-order chi connectivity index (χ0) is 19.9. The Bertz CT molecular complexity index is 740. The number of aryl methyl sites for hydroxylation is 2. The van der Waals surface area contributed by atoms with E-state index in [1.807, 2.05) is 39.0 Å². The lowest BCUT2D eigenvalue weighted by molar-refractivity contribution is 0.313. The molecule has 0 saturated carbocycles. The van der Waals surface area contributed by atoms with Crippen molar-refractivity contribution < 1.29 is 9.15 Å². The molecular formula is C21H32N4O2. The normalized spacial score (nSPS) is 12.1. The van der Waals surface area contributed by atoms with E-state index in [4.69, 9.17) is 9.15 Å². The van der Waals surface area contributed by atoms with Crippen LogP contribution in [0, 0.1) is 13.8 Å². The molecule has 0 atom stereocenters. The quantitative estimate of drug-likeness (QED) is 0.440. The molecule has 2 rings (SSSR count). The Hall–Kier alpha value is -2.50. The van der Waals surface area contributed by atoms with E-state index >= 15 is 0 Å². The van der Waals surface area contributed by atoms with Crippen molar-refractivity contribution in [3.8, 4) is 5.75 Å². The summed E-state index contributed by atoms with van der Waals surface area (Å²) in [4.78, 5) is 8.88. The number of ether oxygens (including phenoxy) is 1. The SMILES string of the molecule is CCNC(=NCc1nc(C)c(C)o1)NCCOc1ccccc1C(C)(C)C. The predicted molar refractivity (Wildman–Crippen MR) is 109 cm³/mol. The van der Waals surface area contributed by atoms with E-state index in [1.165, 1.54) is 5.56 Å². The molecule has 2 N–H and O–H groups in total. The first-order chi connectivity index (χ1) is 12.8. The Labute approximate surface area is 162 Å². The third-order valence-corrected chi connectivity index (χ3v) is 4.14. The average molecular weight is 373 g/mol. The zero-order valence-corrected chi connectivity index (χ0v) is 17.3. The van der Waals surface area contributed by atoms with E-state index < -0.39 is 0 Å². The smallest absolute Gasteiger partial charge is 0.216 e. The molecule has 0 radical (unpaired) electrons. The summed E-state index contributed by atoms with van der Waals surface area (Å²) in [7, 11) is 0. The van der Waals surface area contributed by atoms with E-state index in [2.05, 4.69) is 47.4 Å². The van der Waals surface area contributed by atoms with E-state index in [0.717, 1.165) is 29.7 Å². The second-order valence-corrected chi connectivity index (χ2v) is 7.47.